The van der Waals surface area contributed by atoms with Crippen molar-refractivity contribution in [1.29, 1.82) is 0 Å². The van der Waals surface area contributed by atoms with Crippen molar-refractivity contribution >= 4 is 29.7 Å². The van der Waals surface area contributed by atoms with Gasteiger partial charge in [0.05, 0.1) is 6.61 Å². The Morgan fingerprint density at radius 3 is 3.19 bits per heavy atom. The standard InChI is InChI=1S/C10H14N2O2S.ClH/c13-10(9-6-11-2-3-14-9)12-5-8-1-4-15-7-8;/h1,4,7,9,11H,2-3,5-6H2,(H,12,13);1H/t9-;/m1./s1. The van der Waals surface area contributed by atoms with Crippen molar-refractivity contribution in [3.8, 4) is 0 Å². The topological polar surface area (TPSA) is 50.4 Å². The Morgan fingerprint density at radius 2 is 2.56 bits per heavy atom. The van der Waals surface area contributed by atoms with E-state index < -0.39 is 0 Å². The molecule has 1 aromatic rings. The number of ether oxygens (including phenoxy) is 1. The highest BCUT2D eigenvalue weighted by Crippen LogP contribution is 2.05. The molecule has 1 atom stereocenters. The second-order valence-electron chi connectivity index (χ2n) is 3.41. The molecule has 1 saturated heterocycles. The number of thiophene rings is 1. The van der Waals surface area contributed by atoms with Gasteiger partial charge in [0.25, 0.3) is 5.91 Å². The first-order valence-electron chi connectivity index (χ1n) is 4.97. The lowest BCUT2D eigenvalue weighted by atomic mass is 10.2. The third-order valence-corrected chi connectivity index (χ3v) is 3.00. The zero-order valence-corrected chi connectivity index (χ0v) is 10.4. The number of hydrogen-bond acceptors (Lipinski definition) is 4. The third-order valence-electron chi connectivity index (χ3n) is 2.27. The van der Waals surface area contributed by atoms with Gasteiger partial charge < -0.3 is 15.4 Å². The largest absolute Gasteiger partial charge is 0.366 e. The monoisotopic (exact) mass is 262 g/mol. The lowest BCUT2D eigenvalue weighted by Crippen LogP contribution is -2.47. The summed E-state index contributed by atoms with van der Waals surface area (Å²) in [4.78, 5) is 11.6. The van der Waals surface area contributed by atoms with Crippen LogP contribution in [-0.4, -0.2) is 31.7 Å². The second kappa shape index (κ2) is 6.85. The fraction of sp³-hybridized carbons (Fsp3) is 0.500. The summed E-state index contributed by atoms with van der Waals surface area (Å²) in [6.07, 6.45) is -0.336. The molecule has 0 bridgehead atoms. The summed E-state index contributed by atoms with van der Waals surface area (Å²) < 4.78 is 5.34. The lowest BCUT2D eigenvalue weighted by molar-refractivity contribution is -0.134. The Labute approximate surface area is 105 Å². The first-order chi connectivity index (χ1) is 7.36. The molecule has 6 heteroatoms. The molecule has 1 fully saturated rings. The minimum absolute atomic E-state index is 0. The molecule has 1 aliphatic rings. The molecule has 2 heterocycles. The molecule has 16 heavy (non-hydrogen) atoms. The molecule has 2 N–H and O–H groups in total. The quantitative estimate of drug-likeness (QED) is 0.846. The van der Waals surface area contributed by atoms with E-state index in [9.17, 15) is 4.79 Å². The van der Waals surface area contributed by atoms with Gasteiger partial charge in [-0.1, -0.05) is 0 Å². The van der Waals surface area contributed by atoms with Crippen LogP contribution in [0.4, 0.5) is 0 Å². The van der Waals surface area contributed by atoms with Crippen LogP contribution in [0.25, 0.3) is 0 Å². The Hall–Kier alpha value is -0.620. The van der Waals surface area contributed by atoms with Gasteiger partial charge in [0.2, 0.25) is 0 Å². The van der Waals surface area contributed by atoms with Crippen LogP contribution in [0.3, 0.4) is 0 Å². The van der Waals surface area contributed by atoms with Crippen LogP contribution in [-0.2, 0) is 16.1 Å². The van der Waals surface area contributed by atoms with E-state index in [0.717, 1.165) is 12.1 Å². The van der Waals surface area contributed by atoms with E-state index in [1.165, 1.54) is 0 Å². The van der Waals surface area contributed by atoms with Crippen LogP contribution in [0.15, 0.2) is 16.8 Å². The molecule has 0 aliphatic carbocycles. The van der Waals surface area contributed by atoms with Gasteiger partial charge in [0, 0.05) is 19.6 Å². The molecular weight excluding hydrogens is 248 g/mol. The Bertz CT molecular complexity index is 313. The van der Waals surface area contributed by atoms with E-state index in [2.05, 4.69) is 10.6 Å². The zero-order chi connectivity index (χ0) is 10.5. The number of rotatable bonds is 3. The number of hydrogen-bond donors (Lipinski definition) is 2. The first kappa shape index (κ1) is 13.4. The van der Waals surface area contributed by atoms with Crippen molar-refractivity contribution in [2.45, 2.75) is 12.6 Å². The van der Waals surface area contributed by atoms with E-state index in [1.54, 1.807) is 11.3 Å². The maximum atomic E-state index is 11.6. The normalized spacial score (nSPS) is 19.9. The SMILES string of the molecule is Cl.O=C(NCc1ccsc1)[C@H]1CNCCO1. The Balaban J connectivity index is 0.00000128. The smallest absolute Gasteiger partial charge is 0.250 e. The molecule has 0 spiro atoms. The highest BCUT2D eigenvalue weighted by Gasteiger charge is 2.20. The van der Waals surface area contributed by atoms with Crippen LogP contribution >= 0.6 is 23.7 Å². The number of carbonyl (C=O) groups is 1. The van der Waals surface area contributed by atoms with Gasteiger partial charge >= 0.3 is 0 Å². The summed E-state index contributed by atoms with van der Waals surface area (Å²) >= 11 is 1.63. The average Bonchev–Trinajstić information content (AvgIpc) is 2.80. The van der Waals surface area contributed by atoms with Crippen LogP contribution < -0.4 is 10.6 Å². The highest BCUT2D eigenvalue weighted by atomic mass is 35.5. The molecule has 90 valence electrons. The Kier molecular flexibility index (Phi) is 5.76. The fourth-order valence-corrected chi connectivity index (χ4v) is 2.10. The van der Waals surface area contributed by atoms with E-state index in [1.807, 2.05) is 16.8 Å². The number of halogens is 1. The van der Waals surface area contributed by atoms with Gasteiger partial charge in [-0.15, -0.1) is 12.4 Å². The van der Waals surface area contributed by atoms with Crippen LogP contribution in [0.2, 0.25) is 0 Å². The van der Waals surface area contributed by atoms with E-state index >= 15 is 0 Å². The van der Waals surface area contributed by atoms with E-state index in [-0.39, 0.29) is 24.4 Å². The number of morpholine rings is 1. The fourth-order valence-electron chi connectivity index (χ4n) is 1.43. The van der Waals surface area contributed by atoms with Gasteiger partial charge in [-0.05, 0) is 22.4 Å². The number of carbonyl (C=O) groups excluding carboxylic acids is 1. The summed E-state index contributed by atoms with van der Waals surface area (Å²) in [5.74, 6) is -0.0339. The van der Waals surface area contributed by atoms with Crippen molar-refractivity contribution < 1.29 is 9.53 Å². The van der Waals surface area contributed by atoms with Crippen molar-refractivity contribution in [2.24, 2.45) is 0 Å². The van der Waals surface area contributed by atoms with Gasteiger partial charge in [0.1, 0.15) is 6.10 Å². The highest BCUT2D eigenvalue weighted by molar-refractivity contribution is 7.07. The molecule has 0 radical (unpaired) electrons. The molecule has 4 nitrogen and oxygen atoms in total. The van der Waals surface area contributed by atoms with Gasteiger partial charge in [-0.2, -0.15) is 11.3 Å². The van der Waals surface area contributed by atoms with E-state index in [0.29, 0.717) is 19.7 Å². The van der Waals surface area contributed by atoms with E-state index in [4.69, 9.17) is 4.74 Å². The average molecular weight is 263 g/mol. The second-order valence-corrected chi connectivity index (χ2v) is 4.19. The van der Waals surface area contributed by atoms with Crippen LogP contribution in [0, 0.1) is 0 Å². The van der Waals surface area contributed by atoms with Crippen LogP contribution in [0.5, 0.6) is 0 Å². The lowest BCUT2D eigenvalue weighted by Gasteiger charge is -2.22. The summed E-state index contributed by atoms with van der Waals surface area (Å²) in [5.41, 5.74) is 1.14. The molecule has 0 saturated carbocycles. The zero-order valence-electron chi connectivity index (χ0n) is 8.77. The molecule has 0 aromatic carbocycles. The molecule has 2 rings (SSSR count). The summed E-state index contributed by atoms with van der Waals surface area (Å²) in [6.45, 7) is 2.63. The van der Waals surface area contributed by atoms with Crippen molar-refractivity contribution in [3.05, 3.63) is 22.4 Å². The molecule has 1 amide bonds. The number of amides is 1. The van der Waals surface area contributed by atoms with Gasteiger partial charge in [-0.3, -0.25) is 4.79 Å². The predicted octanol–water partition coefficient (Wildman–Crippen LogP) is 0.774. The molecule has 1 aliphatic heterocycles. The third kappa shape index (κ3) is 3.75. The molecule has 1 aromatic heterocycles. The first-order valence-corrected chi connectivity index (χ1v) is 5.91. The number of nitrogens with one attached hydrogen (secondary N) is 2. The maximum Gasteiger partial charge on any atom is 0.250 e. The maximum absolute atomic E-state index is 11.6. The molecular formula is C10H15ClN2O2S. The van der Waals surface area contributed by atoms with Crippen molar-refractivity contribution in [2.75, 3.05) is 19.7 Å². The molecule has 0 unspecified atom stereocenters. The van der Waals surface area contributed by atoms with Crippen molar-refractivity contribution in [1.82, 2.24) is 10.6 Å². The minimum atomic E-state index is -0.336. The summed E-state index contributed by atoms with van der Waals surface area (Å²) in [5, 5.41) is 10.0. The summed E-state index contributed by atoms with van der Waals surface area (Å²) in [6, 6.07) is 2.00. The predicted molar refractivity (Wildman–Crippen MR) is 66.0 cm³/mol. The minimum Gasteiger partial charge on any atom is -0.366 e. The van der Waals surface area contributed by atoms with Gasteiger partial charge in [-0.25, -0.2) is 0 Å². The van der Waals surface area contributed by atoms with Gasteiger partial charge in [0.15, 0.2) is 0 Å². The Morgan fingerprint density at radius 1 is 1.69 bits per heavy atom. The van der Waals surface area contributed by atoms with Crippen molar-refractivity contribution in [3.63, 3.8) is 0 Å². The summed E-state index contributed by atoms with van der Waals surface area (Å²) in [7, 11) is 0. The van der Waals surface area contributed by atoms with Crippen LogP contribution in [0.1, 0.15) is 5.56 Å².